The molecule has 0 bridgehead atoms. The average molecular weight is 633 g/mol. The molecule has 0 aromatic rings. The maximum Gasteiger partial charge on any atom is 0.303 e. The van der Waals surface area contributed by atoms with Gasteiger partial charge in [-0.15, -0.1) is 0 Å². The van der Waals surface area contributed by atoms with E-state index in [-0.39, 0.29) is 66.6 Å². The number of carboxylic acid groups (broad SMARTS) is 1. The van der Waals surface area contributed by atoms with Gasteiger partial charge in [-0.05, 0) is 58.4 Å². The predicted octanol–water partition coefficient (Wildman–Crippen LogP) is 4.15. The van der Waals surface area contributed by atoms with E-state index in [1.807, 2.05) is 13.8 Å². The molecule has 0 saturated carbocycles. The van der Waals surface area contributed by atoms with Crippen LogP contribution in [0.15, 0.2) is 36.0 Å². The number of allylic oxidation sites excluding steroid dienone is 2. The fraction of sp³-hybridized carbons (Fsp3) is 0.706. The summed E-state index contributed by atoms with van der Waals surface area (Å²) in [6.07, 6.45) is 13.9. The Labute approximate surface area is 267 Å². The molecule has 3 saturated heterocycles. The Bertz CT molecular complexity index is 1110. The van der Waals surface area contributed by atoms with Crippen LogP contribution >= 0.6 is 0 Å². The highest BCUT2D eigenvalue weighted by Crippen LogP contribution is 2.43. The smallest absolute Gasteiger partial charge is 0.303 e. The molecule has 0 aliphatic carbocycles. The minimum absolute atomic E-state index is 0.0326. The number of carbonyl (C=O) groups is 4. The number of carboxylic acids is 1. The van der Waals surface area contributed by atoms with Crippen molar-refractivity contribution in [3.8, 4) is 0 Å². The lowest BCUT2D eigenvalue weighted by molar-refractivity contribution is -0.143. The van der Waals surface area contributed by atoms with Crippen molar-refractivity contribution >= 4 is 23.8 Å². The molecular formula is C34H52N2O9. The third kappa shape index (κ3) is 13.5. The summed E-state index contributed by atoms with van der Waals surface area (Å²) in [5.41, 5.74) is 0.897. The molecule has 3 aliphatic rings. The summed E-state index contributed by atoms with van der Waals surface area (Å²) in [4.78, 5) is 46.5. The summed E-state index contributed by atoms with van der Waals surface area (Å²) in [7, 11) is 0. The van der Waals surface area contributed by atoms with Gasteiger partial charge < -0.3 is 34.7 Å². The largest absolute Gasteiger partial charge is 0.481 e. The number of ether oxygens (including phenoxy) is 4. The number of nitrogens with one attached hydrogen (secondary N) is 2. The van der Waals surface area contributed by atoms with Crippen LogP contribution in [-0.4, -0.2) is 84.2 Å². The van der Waals surface area contributed by atoms with E-state index in [0.717, 1.165) is 37.7 Å². The van der Waals surface area contributed by atoms with E-state index < -0.39 is 18.0 Å². The van der Waals surface area contributed by atoms with E-state index in [1.165, 1.54) is 13.0 Å². The van der Waals surface area contributed by atoms with Crippen molar-refractivity contribution in [2.75, 3.05) is 13.2 Å². The molecule has 3 fully saturated rings. The van der Waals surface area contributed by atoms with E-state index in [1.54, 1.807) is 13.0 Å². The first-order valence-electron chi connectivity index (χ1n) is 16.3. The zero-order chi connectivity index (χ0) is 33.0. The summed E-state index contributed by atoms with van der Waals surface area (Å²) in [5.74, 6) is -1.24. The Hall–Kier alpha value is -3.02. The molecule has 11 heteroatoms. The van der Waals surface area contributed by atoms with Crippen molar-refractivity contribution in [1.29, 1.82) is 0 Å². The number of esters is 1. The minimum Gasteiger partial charge on any atom is -0.481 e. The number of epoxide rings is 1. The van der Waals surface area contributed by atoms with Crippen LogP contribution in [0.4, 0.5) is 0 Å². The van der Waals surface area contributed by atoms with Crippen molar-refractivity contribution in [3.63, 3.8) is 0 Å². The molecule has 3 rings (SSSR count). The topological polar surface area (TPSA) is 153 Å². The summed E-state index contributed by atoms with van der Waals surface area (Å²) in [5, 5.41) is 14.7. The van der Waals surface area contributed by atoms with Crippen LogP contribution < -0.4 is 10.6 Å². The third-order valence-corrected chi connectivity index (χ3v) is 8.56. The first-order valence-corrected chi connectivity index (χ1v) is 16.3. The molecular weight excluding hydrogens is 580 g/mol. The summed E-state index contributed by atoms with van der Waals surface area (Å²) < 4.78 is 23.4. The highest BCUT2D eigenvalue weighted by molar-refractivity contribution is 5.87. The van der Waals surface area contributed by atoms with E-state index in [0.29, 0.717) is 26.0 Å². The maximum absolute atomic E-state index is 12.5. The number of hydrogen-bond donors (Lipinski definition) is 3. The van der Waals surface area contributed by atoms with Gasteiger partial charge in [-0.25, -0.2) is 0 Å². The van der Waals surface area contributed by atoms with Crippen LogP contribution in [0.1, 0.15) is 92.4 Å². The SMILES string of the molecule is CC(=O)O[C@@H](C)/C=C\C(=O)N[C@@H]1C[C@H](C)[C@H](C/C=C(C)/C=C/[C@@H]2C[C@]3(CO3)C[C@@H](CC(=O)NCCCCCC(=O)O)O2)O[C@@H]1C. The molecule has 11 nitrogen and oxygen atoms in total. The maximum atomic E-state index is 12.5. The first kappa shape index (κ1) is 36.4. The molecule has 2 amide bonds. The summed E-state index contributed by atoms with van der Waals surface area (Å²) in [6, 6.07) is -0.110. The Morgan fingerprint density at radius 1 is 1.07 bits per heavy atom. The van der Waals surface area contributed by atoms with Crippen LogP contribution in [0.5, 0.6) is 0 Å². The number of amides is 2. The summed E-state index contributed by atoms with van der Waals surface area (Å²) in [6.45, 7) is 10.4. The normalized spacial score (nSPS) is 30.7. The molecule has 252 valence electrons. The molecule has 0 radical (unpaired) electrons. The van der Waals surface area contributed by atoms with E-state index >= 15 is 0 Å². The van der Waals surface area contributed by atoms with Crippen LogP contribution in [0.3, 0.4) is 0 Å². The highest BCUT2D eigenvalue weighted by atomic mass is 16.6. The van der Waals surface area contributed by atoms with Crippen molar-refractivity contribution in [1.82, 2.24) is 10.6 Å². The minimum atomic E-state index is -0.793. The fourth-order valence-corrected chi connectivity index (χ4v) is 5.96. The quantitative estimate of drug-likeness (QED) is 0.0749. The second-order valence-electron chi connectivity index (χ2n) is 12.9. The molecule has 1 spiro atoms. The van der Waals surface area contributed by atoms with Crippen molar-refractivity contribution < 1.29 is 43.2 Å². The van der Waals surface area contributed by atoms with Gasteiger partial charge in [0.15, 0.2) is 0 Å². The van der Waals surface area contributed by atoms with Crippen LogP contribution in [0.25, 0.3) is 0 Å². The lowest BCUT2D eigenvalue weighted by Gasteiger charge is -2.39. The van der Waals surface area contributed by atoms with E-state index in [9.17, 15) is 19.2 Å². The van der Waals surface area contributed by atoms with E-state index in [2.05, 4.69) is 35.8 Å². The fourth-order valence-electron chi connectivity index (χ4n) is 5.96. The number of carbonyl (C=O) groups excluding carboxylic acids is 3. The van der Waals surface area contributed by atoms with Gasteiger partial charge >= 0.3 is 11.9 Å². The zero-order valence-electron chi connectivity index (χ0n) is 27.4. The molecule has 3 N–H and O–H groups in total. The molecule has 0 unspecified atom stereocenters. The molecule has 0 aromatic carbocycles. The van der Waals surface area contributed by atoms with E-state index in [4.69, 9.17) is 24.1 Å². The second kappa shape index (κ2) is 17.6. The monoisotopic (exact) mass is 632 g/mol. The Morgan fingerprint density at radius 2 is 1.82 bits per heavy atom. The average Bonchev–Trinajstić information content (AvgIpc) is 3.70. The van der Waals surface area contributed by atoms with Crippen molar-refractivity contribution in [2.24, 2.45) is 5.92 Å². The Balaban J connectivity index is 1.42. The van der Waals surface area contributed by atoms with Crippen molar-refractivity contribution in [3.05, 3.63) is 36.0 Å². The standard InChI is InChI=1S/C34H52N2O9/c1-22(11-14-30-23(2)17-29(25(4)44-30)36-31(38)15-12-24(3)43-26(5)37)10-13-27-19-34(21-42-34)20-28(45-27)18-32(39)35-16-8-6-7-9-33(40)41/h10-13,15,23-25,27-30H,6-9,14,16-21H2,1-5H3,(H,35,39)(H,36,38)(H,40,41)/b13-10+,15-12-,22-11+/t23-,24-,25+,27+,28+,29+,30-,34+/m0/s1. The molecule has 3 aliphatic heterocycles. The second-order valence-corrected chi connectivity index (χ2v) is 12.9. The Morgan fingerprint density at radius 3 is 2.51 bits per heavy atom. The number of aliphatic carboxylic acids is 1. The van der Waals surface area contributed by atoms with Crippen molar-refractivity contribution in [2.45, 2.75) is 135 Å². The number of unbranched alkanes of at least 4 members (excludes halogenated alkanes) is 2. The van der Waals surface area contributed by atoms with Crippen LogP contribution in [-0.2, 0) is 38.1 Å². The summed E-state index contributed by atoms with van der Waals surface area (Å²) >= 11 is 0. The molecule has 8 atom stereocenters. The molecule has 0 aromatic heterocycles. The van der Waals surface area contributed by atoms with Gasteiger partial charge in [0.25, 0.3) is 0 Å². The predicted molar refractivity (Wildman–Crippen MR) is 168 cm³/mol. The van der Waals surface area contributed by atoms with Crippen LogP contribution in [0.2, 0.25) is 0 Å². The van der Waals surface area contributed by atoms with Gasteiger partial charge in [0.2, 0.25) is 11.8 Å². The number of rotatable bonds is 16. The van der Waals surface area contributed by atoms with Crippen LogP contribution in [0, 0.1) is 5.92 Å². The van der Waals surface area contributed by atoms with Gasteiger partial charge in [-0.2, -0.15) is 0 Å². The highest BCUT2D eigenvalue weighted by Gasteiger charge is 2.51. The first-order chi connectivity index (χ1) is 21.3. The third-order valence-electron chi connectivity index (χ3n) is 8.56. The Kier molecular flexibility index (Phi) is 14.3. The van der Waals surface area contributed by atoms with Gasteiger partial charge in [-0.3, -0.25) is 19.2 Å². The molecule has 3 heterocycles. The van der Waals surface area contributed by atoms with Gasteiger partial charge in [0.05, 0.1) is 49.1 Å². The number of hydrogen-bond acceptors (Lipinski definition) is 8. The lowest BCUT2D eigenvalue weighted by atomic mass is 9.88. The van der Waals surface area contributed by atoms with Gasteiger partial charge in [-0.1, -0.05) is 37.1 Å². The van der Waals surface area contributed by atoms with Gasteiger partial charge in [0, 0.05) is 38.8 Å². The zero-order valence-corrected chi connectivity index (χ0v) is 27.4. The van der Waals surface area contributed by atoms with Gasteiger partial charge in [0.1, 0.15) is 6.10 Å². The molecule has 45 heavy (non-hydrogen) atoms. The lowest BCUT2D eigenvalue weighted by Crippen LogP contribution is -2.50.